The number of anilines is 1. The van der Waals surface area contributed by atoms with Crippen molar-refractivity contribution in [2.75, 3.05) is 11.5 Å². The summed E-state index contributed by atoms with van der Waals surface area (Å²) in [4.78, 5) is 5.78. The van der Waals surface area contributed by atoms with Crippen molar-refractivity contribution in [2.45, 2.75) is 17.7 Å². The highest BCUT2D eigenvalue weighted by atomic mass is 32.2. The minimum atomic E-state index is 0.562. The topological polar surface area (TPSA) is 43.8 Å². The van der Waals surface area contributed by atoms with Crippen LogP contribution >= 0.6 is 11.8 Å². The number of nitrogens with zero attached hydrogens (tertiary/aromatic N) is 2. The highest BCUT2D eigenvalue weighted by Gasteiger charge is 2.12. The summed E-state index contributed by atoms with van der Waals surface area (Å²) in [7, 11) is 1.92. The predicted octanol–water partition coefficient (Wildman–Crippen LogP) is 2.71. The van der Waals surface area contributed by atoms with Crippen molar-refractivity contribution < 1.29 is 0 Å². The highest BCUT2D eigenvalue weighted by molar-refractivity contribution is 7.99. The molecule has 1 aromatic heterocycles. The van der Waals surface area contributed by atoms with Crippen molar-refractivity contribution >= 4 is 17.7 Å². The van der Waals surface area contributed by atoms with E-state index in [1.807, 2.05) is 29.6 Å². The van der Waals surface area contributed by atoms with E-state index in [1.165, 1.54) is 34.6 Å². The van der Waals surface area contributed by atoms with Crippen LogP contribution in [0.4, 0.5) is 5.95 Å². The van der Waals surface area contributed by atoms with Crippen molar-refractivity contribution in [3.63, 3.8) is 0 Å². The molecule has 1 aliphatic heterocycles. The number of benzene rings is 1. The largest absolute Gasteiger partial charge is 0.369 e. The van der Waals surface area contributed by atoms with Gasteiger partial charge in [0.05, 0.1) is 5.69 Å². The fourth-order valence-electron chi connectivity index (χ4n) is 2.14. The van der Waals surface area contributed by atoms with Crippen molar-refractivity contribution in [3.8, 4) is 11.3 Å². The minimum Gasteiger partial charge on any atom is -0.369 e. The molecule has 0 amide bonds. The van der Waals surface area contributed by atoms with E-state index < -0.39 is 0 Å². The van der Waals surface area contributed by atoms with Crippen LogP contribution in [0.2, 0.25) is 0 Å². The summed E-state index contributed by atoms with van der Waals surface area (Å²) < 4.78 is 1.85. The number of rotatable bonds is 1. The molecular formula is C13H15N3S. The Morgan fingerprint density at radius 1 is 1.41 bits per heavy atom. The van der Waals surface area contributed by atoms with E-state index in [2.05, 4.69) is 23.2 Å². The van der Waals surface area contributed by atoms with Crippen LogP contribution in [0.25, 0.3) is 11.3 Å². The van der Waals surface area contributed by atoms with E-state index in [0.717, 1.165) is 5.69 Å². The molecule has 88 valence electrons. The van der Waals surface area contributed by atoms with Gasteiger partial charge in [-0.05, 0) is 36.3 Å². The SMILES string of the molecule is Cn1cc(-c2ccc3c(c2)CCCS3)nc1N. The summed E-state index contributed by atoms with van der Waals surface area (Å²) in [5.41, 5.74) is 9.34. The van der Waals surface area contributed by atoms with Crippen LogP contribution in [-0.2, 0) is 13.5 Å². The van der Waals surface area contributed by atoms with Crippen molar-refractivity contribution in [2.24, 2.45) is 7.05 Å². The van der Waals surface area contributed by atoms with Gasteiger partial charge in [0.1, 0.15) is 0 Å². The van der Waals surface area contributed by atoms with Gasteiger partial charge >= 0.3 is 0 Å². The Bertz CT molecular complexity index is 540. The maximum absolute atomic E-state index is 5.76. The molecule has 2 N–H and O–H groups in total. The lowest BCUT2D eigenvalue weighted by atomic mass is 10.0. The lowest BCUT2D eigenvalue weighted by Crippen LogP contribution is -1.98. The van der Waals surface area contributed by atoms with E-state index in [0.29, 0.717) is 5.95 Å². The van der Waals surface area contributed by atoms with Gasteiger partial charge in [-0.3, -0.25) is 0 Å². The van der Waals surface area contributed by atoms with Crippen molar-refractivity contribution in [3.05, 3.63) is 30.0 Å². The number of thioether (sulfide) groups is 1. The molecule has 3 rings (SSSR count). The molecule has 2 aromatic rings. The molecule has 0 aliphatic carbocycles. The third kappa shape index (κ3) is 1.93. The number of aryl methyl sites for hydroxylation is 2. The first-order valence-electron chi connectivity index (χ1n) is 5.79. The monoisotopic (exact) mass is 245 g/mol. The third-order valence-corrected chi connectivity index (χ3v) is 4.32. The predicted molar refractivity (Wildman–Crippen MR) is 72.1 cm³/mol. The Morgan fingerprint density at radius 3 is 3.06 bits per heavy atom. The smallest absolute Gasteiger partial charge is 0.200 e. The van der Waals surface area contributed by atoms with E-state index >= 15 is 0 Å². The molecule has 3 nitrogen and oxygen atoms in total. The van der Waals surface area contributed by atoms with E-state index in [4.69, 9.17) is 5.73 Å². The highest BCUT2D eigenvalue weighted by Crippen LogP contribution is 2.33. The van der Waals surface area contributed by atoms with Gasteiger partial charge in [0, 0.05) is 23.7 Å². The molecular weight excluding hydrogens is 230 g/mol. The Balaban J connectivity index is 2.03. The standard InChI is InChI=1S/C13H15N3S/c1-16-8-11(15-13(16)14)9-4-5-12-10(7-9)3-2-6-17-12/h4-5,7-8H,2-3,6H2,1H3,(H2,14,15). The van der Waals surface area contributed by atoms with E-state index in [9.17, 15) is 0 Å². The summed E-state index contributed by atoms with van der Waals surface area (Å²) in [6.07, 6.45) is 4.43. The number of hydrogen-bond donors (Lipinski definition) is 1. The van der Waals surface area contributed by atoms with Gasteiger partial charge in [-0.25, -0.2) is 4.98 Å². The molecule has 0 radical (unpaired) electrons. The summed E-state index contributed by atoms with van der Waals surface area (Å²) in [6.45, 7) is 0. The summed E-state index contributed by atoms with van der Waals surface area (Å²) in [5.74, 6) is 1.80. The number of nitrogen functional groups attached to an aromatic ring is 1. The van der Waals surface area contributed by atoms with Gasteiger partial charge < -0.3 is 10.3 Å². The van der Waals surface area contributed by atoms with Gasteiger partial charge in [0.15, 0.2) is 5.95 Å². The lowest BCUT2D eigenvalue weighted by molar-refractivity contribution is 0.890. The molecule has 1 aromatic carbocycles. The zero-order valence-corrected chi connectivity index (χ0v) is 10.6. The molecule has 0 fully saturated rings. The average Bonchev–Trinajstić information content (AvgIpc) is 2.69. The zero-order valence-electron chi connectivity index (χ0n) is 9.81. The molecule has 0 saturated heterocycles. The number of imidazole rings is 1. The number of nitrogens with two attached hydrogens (primary N) is 1. The van der Waals surface area contributed by atoms with Crippen LogP contribution in [0.3, 0.4) is 0 Å². The Kier molecular flexibility index (Phi) is 2.59. The fraction of sp³-hybridized carbons (Fsp3) is 0.308. The van der Waals surface area contributed by atoms with Crippen LogP contribution in [-0.4, -0.2) is 15.3 Å². The molecule has 0 bridgehead atoms. The summed E-state index contributed by atoms with van der Waals surface area (Å²) >= 11 is 1.95. The second-order valence-electron chi connectivity index (χ2n) is 4.37. The second kappa shape index (κ2) is 4.11. The quantitative estimate of drug-likeness (QED) is 0.840. The molecule has 0 saturated carbocycles. The van der Waals surface area contributed by atoms with Gasteiger partial charge in [-0.15, -0.1) is 11.8 Å². The maximum Gasteiger partial charge on any atom is 0.200 e. The van der Waals surface area contributed by atoms with E-state index in [1.54, 1.807) is 0 Å². The van der Waals surface area contributed by atoms with Gasteiger partial charge in [0.25, 0.3) is 0 Å². The average molecular weight is 245 g/mol. The zero-order chi connectivity index (χ0) is 11.8. The number of hydrogen-bond acceptors (Lipinski definition) is 3. The van der Waals surface area contributed by atoms with Crippen LogP contribution in [0, 0.1) is 0 Å². The fourth-order valence-corrected chi connectivity index (χ4v) is 3.16. The molecule has 1 aliphatic rings. The second-order valence-corrected chi connectivity index (χ2v) is 5.51. The Morgan fingerprint density at radius 2 is 2.29 bits per heavy atom. The first kappa shape index (κ1) is 10.7. The summed E-state index contributed by atoms with van der Waals surface area (Å²) in [6, 6.07) is 6.60. The molecule has 2 heterocycles. The van der Waals surface area contributed by atoms with Crippen molar-refractivity contribution in [1.29, 1.82) is 0 Å². The van der Waals surface area contributed by atoms with Gasteiger partial charge in [-0.1, -0.05) is 6.07 Å². The van der Waals surface area contributed by atoms with Crippen molar-refractivity contribution in [1.82, 2.24) is 9.55 Å². The maximum atomic E-state index is 5.76. The first-order valence-corrected chi connectivity index (χ1v) is 6.77. The van der Waals surface area contributed by atoms with E-state index in [-0.39, 0.29) is 0 Å². The summed E-state index contributed by atoms with van der Waals surface area (Å²) in [5, 5.41) is 0. The van der Waals surface area contributed by atoms with Crippen LogP contribution in [0.1, 0.15) is 12.0 Å². The molecule has 17 heavy (non-hydrogen) atoms. The minimum absolute atomic E-state index is 0.562. The third-order valence-electron chi connectivity index (χ3n) is 3.12. The molecule has 0 spiro atoms. The number of aromatic nitrogens is 2. The molecule has 0 unspecified atom stereocenters. The molecule has 0 atom stereocenters. The lowest BCUT2D eigenvalue weighted by Gasteiger charge is -2.15. The van der Waals surface area contributed by atoms with Gasteiger partial charge in [0.2, 0.25) is 0 Å². The van der Waals surface area contributed by atoms with Gasteiger partial charge in [-0.2, -0.15) is 0 Å². The molecule has 4 heteroatoms. The van der Waals surface area contributed by atoms with Crippen LogP contribution in [0.15, 0.2) is 29.3 Å². The number of fused-ring (bicyclic) bond motifs is 1. The Hall–Kier alpha value is -1.42. The van der Waals surface area contributed by atoms with Crippen LogP contribution in [0.5, 0.6) is 0 Å². The first-order chi connectivity index (χ1) is 8.24. The normalized spacial score (nSPS) is 14.6. The Labute approximate surface area is 105 Å². The van der Waals surface area contributed by atoms with Crippen LogP contribution < -0.4 is 5.73 Å².